The van der Waals surface area contributed by atoms with Gasteiger partial charge in [-0.2, -0.15) is 4.68 Å². The summed E-state index contributed by atoms with van der Waals surface area (Å²) < 4.78 is 1.64. The first kappa shape index (κ1) is 16.4. The maximum absolute atomic E-state index is 10.6. The van der Waals surface area contributed by atoms with Crippen LogP contribution in [0.4, 0.5) is 11.6 Å². The van der Waals surface area contributed by atoms with Crippen LogP contribution >= 0.6 is 0 Å². The Kier molecular flexibility index (Phi) is 5.05. The fraction of sp³-hybridized carbons (Fsp3) is 0.500. The number of anilines is 1. The van der Waals surface area contributed by atoms with Crippen LogP contribution in [-0.2, 0) is 6.54 Å². The quantitative estimate of drug-likeness (QED) is 0.644. The number of aryl methyl sites for hydroxylation is 1. The van der Waals surface area contributed by atoms with Crippen molar-refractivity contribution in [2.75, 3.05) is 25.0 Å². The summed E-state index contributed by atoms with van der Waals surface area (Å²) in [7, 11) is 0. The van der Waals surface area contributed by atoms with E-state index in [1.54, 1.807) is 10.9 Å². The summed E-state index contributed by atoms with van der Waals surface area (Å²) in [5, 5.41) is 18.1. The topological polar surface area (TPSA) is 89.1 Å². The monoisotopic (exact) mass is 330 g/mol. The number of nitrogens with zero attached hydrogens (tertiary/aromatic N) is 5. The van der Waals surface area contributed by atoms with E-state index in [-0.39, 0.29) is 5.82 Å². The largest absolute Gasteiger partial charge is 0.389 e. The van der Waals surface area contributed by atoms with E-state index in [1.807, 2.05) is 25.1 Å². The van der Waals surface area contributed by atoms with Crippen LogP contribution in [0.3, 0.4) is 0 Å². The molecule has 0 radical (unpaired) electrons. The van der Waals surface area contributed by atoms with E-state index in [0.29, 0.717) is 12.6 Å². The second-order valence-electron chi connectivity index (χ2n) is 6.12. The van der Waals surface area contributed by atoms with Gasteiger partial charge < -0.3 is 20.3 Å². The molecule has 0 spiro atoms. The van der Waals surface area contributed by atoms with E-state index >= 15 is 0 Å². The van der Waals surface area contributed by atoms with Gasteiger partial charge in [-0.05, 0) is 36.8 Å². The van der Waals surface area contributed by atoms with Crippen LogP contribution < -0.4 is 5.32 Å². The van der Waals surface area contributed by atoms with Gasteiger partial charge in [0.25, 0.3) is 0 Å². The average molecular weight is 330 g/mol. The second kappa shape index (κ2) is 7.39. The van der Waals surface area contributed by atoms with Crippen LogP contribution in [0.25, 0.3) is 0 Å². The molecule has 128 valence electrons. The van der Waals surface area contributed by atoms with Gasteiger partial charge in [-0.3, -0.25) is 0 Å². The standard InChI is InChI=1S/C16H22N6O2/c1-13-3-2-4-15(17-13)18-14-5-8-20(9-6-14)11-12-21-10-7-16(19-21)22(23)24/h2-4,7,10,14H,5-6,8-9,11-12H2,1H3,(H,17,18). The predicted molar refractivity (Wildman–Crippen MR) is 90.9 cm³/mol. The summed E-state index contributed by atoms with van der Waals surface area (Å²) >= 11 is 0. The molecule has 0 bridgehead atoms. The SMILES string of the molecule is Cc1cccc(NC2CCN(CCn3ccc([N+](=O)[O-])n3)CC2)n1. The van der Waals surface area contributed by atoms with Gasteiger partial charge in [-0.15, -0.1) is 0 Å². The van der Waals surface area contributed by atoms with Gasteiger partial charge in [0.05, 0.1) is 23.9 Å². The zero-order valence-corrected chi connectivity index (χ0v) is 13.8. The van der Waals surface area contributed by atoms with Crippen LogP contribution in [-0.4, -0.2) is 50.3 Å². The maximum Gasteiger partial charge on any atom is 0.389 e. The highest BCUT2D eigenvalue weighted by Crippen LogP contribution is 2.15. The van der Waals surface area contributed by atoms with Gasteiger partial charge in [-0.25, -0.2) is 4.98 Å². The number of piperidine rings is 1. The molecule has 3 heterocycles. The van der Waals surface area contributed by atoms with E-state index in [2.05, 4.69) is 20.3 Å². The zero-order valence-electron chi connectivity index (χ0n) is 13.8. The fourth-order valence-electron chi connectivity index (χ4n) is 2.95. The van der Waals surface area contributed by atoms with Crippen LogP contribution in [0.5, 0.6) is 0 Å². The number of rotatable bonds is 6. The van der Waals surface area contributed by atoms with Crippen molar-refractivity contribution in [1.82, 2.24) is 19.7 Å². The Bertz CT molecular complexity index is 693. The molecule has 0 saturated carbocycles. The first-order chi connectivity index (χ1) is 11.6. The summed E-state index contributed by atoms with van der Waals surface area (Å²) in [4.78, 5) is 17.0. The maximum atomic E-state index is 10.6. The Morgan fingerprint density at radius 3 is 2.75 bits per heavy atom. The minimum atomic E-state index is -0.465. The molecular weight excluding hydrogens is 308 g/mol. The van der Waals surface area contributed by atoms with E-state index < -0.39 is 4.92 Å². The first-order valence-corrected chi connectivity index (χ1v) is 8.20. The Hall–Kier alpha value is -2.48. The number of likely N-dealkylation sites (tertiary alicyclic amines) is 1. The summed E-state index contributed by atoms with van der Waals surface area (Å²) in [6.07, 6.45) is 3.79. The van der Waals surface area contributed by atoms with E-state index in [9.17, 15) is 10.1 Å². The third-order valence-corrected chi connectivity index (χ3v) is 4.29. The van der Waals surface area contributed by atoms with Gasteiger partial charge in [0.2, 0.25) is 0 Å². The van der Waals surface area contributed by atoms with Gasteiger partial charge in [0.15, 0.2) is 0 Å². The van der Waals surface area contributed by atoms with Crippen LogP contribution in [0.1, 0.15) is 18.5 Å². The number of aromatic nitrogens is 3. The number of hydrogen-bond donors (Lipinski definition) is 1. The molecule has 1 N–H and O–H groups in total. The van der Waals surface area contributed by atoms with Gasteiger partial charge in [0, 0.05) is 31.4 Å². The van der Waals surface area contributed by atoms with Crippen molar-refractivity contribution in [3.8, 4) is 0 Å². The molecule has 24 heavy (non-hydrogen) atoms. The number of hydrogen-bond acceptors (Lipinski definition) is 6. The molecule has 3 rings (SSSR count). The van der Waals surface area contributed by atoms with Gasteiger partial charge >= 0.3 is 5.82 Å². The summed E-state index contributed by atoms with van der Waals surface area (Å²) in [5.41, 5.74) is 1.02. The predicted octanol–water partition coefficient (Wildman–Crippen LogP) is 2.07. The molecule has 8 nitrogen and oxygen atoms in total. The lowest BCUT2D eigenvalue weighted by Crippen LogP contribution is -2.40. The first-order valence-electron chi connectivity index (χ1n) is 8.20. The van der Waals surface area contributed by atoms with Crippen LogP contribution in [0.2, 0.25) is 0 Å². The minimum absolute atomic E-state index is 0.0939. The Balaban J connectivity index is 1.42. The van der Waals surface area contributed by atoms with Gasteiger partial charge in [0.1, 0.15) is 5.82 Å². The lowest BCUT2D eigenvalue weighted by Gasteiger charge is -2.32. The lowest BCUT2D eigenvalue weighted by molar-refractivity contribution is -0.389. The molecule has 0 unspecified atom stereocenters. The Morgan fingerprint density at radius 1 is 1.29 bits per heavy atom. The number of nitrogens with one attached hydrogen (secondary N) is 1. The third-order valence-electron chi connectivity index (χ3n) is 4.29. The van der Waals surface area contributed by atoms with E-state index in [0.717, 1.165) is 44.0 Å². The normalized spacial score (nSPS) is 16.2. The highest BCUT2D eigenvalue weighted by molar-refractivity contribution is 5.36. The number of nitro groups is 1. The molecule has 1 aliphatic rings. The summed E-state index contributed by atoms with van der Waals surface area (Å²) in [5.74, 6) is 0.848. The Labute approximate surface area is 140 Å². The lowest BCUT2D eigenvalue weighted by atomic mass is 10.1. The van der Waals surface area contributed by atoms with Crippen molar-refractivity contribution >= 4 is 11.6 Å². The Morgan fingerprint density at radius 2 is 2.08 bits per heavy atom. The van der Waals surface area contributed by atoms with Crippen molar-refractivity contribution in [2.45, 2.75) is 32.4 Å². The molecule has 2 aromatic rings. The molecule has 2 aromatic heterocycles. The highest BCUT2D eigenvalue weighted by Gasteiger charge is 2.20. The molecular formula is C16H22N6O2. The number of pyridine rings is 1. The van der Waals surface area contributed by atoms with Crippen LogP contribution in [0.15, 0.2) is 30.5 Å². The summed E-state index contributed by atoms with van der Waals surface area (Å²) in [6, 6.07) is 7.90. The fourth-order valence-corrected chi connectivity index (χ4v) is 2.95. The second-order valence-corrected chi connectivity index (χ2v) is 6.12. The molecule has 0 aromatic carbocycles. The zero-order chi connectivity index (χ0) is 16.9. The molecule has 0 amide bonds. The van der Waals surface area contributed by atoms with E-state index in [1.165, 1.54) is 6.07 Å². The van der Waals surface area contributed by atoms with E-state index in [4.69, 9.17) is 0 Å². The van der Waals surface area contributed by atoms with Crippen LogP contribution in [0, 0.1) is 17.0 Å². The minimum Gasteiger partial charge on any atom is -0.367 e. The van der Waals surface area contributed by atoms with Crippen molar-refractivity contribution in [3.05, 3.63) is 46.3 Å². The van der Waals surface area contributed by atoms with Crippen molar-refractivity contribution in [2.24, 2.45) is 0 Å². The highest BCUT2D eigenvalue weighted by atomic mass is 16.6. The van der Waals surface area contributed by atoms with Gasteiger partial charge in [-0.1, -0.05) is 6.07 Å². The molecule has 0 atom stereocenters. The van der Waals surface area contributed by atoms with Crippen molar-refractivity contribution in [3.63, 3.8) is 0 Å². The van der Waals surface area contributed by atoms with Crippen molar-refractivity contribution < 1.29 is 4.92 Å². The van der Waals surface area contributed by atoms with Crippen molar-refractivity contribution in [1.29, 1.82) is 0 Å². The molecule has 1 fully saturated rings. The average Bonchev–Trinajstić information content (AvgIpc) is 3.04. The smallest absolute Gasteiger partial charge is 0.367 e. The molecule has 1 aliphatic heterocycles. The summed E-state index contributed by atoms with van der Waals surface area (Å²) in [6.45, 7) is 5.53. The molecule has 0 aliphatic carbocycles. The molecule has 8 heteroatoms. The third kappa shape index (κ3) is 4.29. The molecule has 1 saturated heterocycles.